The van der Waals surface area contributed by atoms with Crippen molar-refractivity contribution in [3.05, 3.63) is 51.8 Å². The molecule has 0 aliphatic rings. The normalized spacial score (nSPS) is 11.2. The SMILES string of the molecule is CS(=O)(=O)c1ncc(Cl)c(C(=O)NCc2ccccc2Cl)n1. The van der Waals surface area contributed by atoms with E-state index < -0.39 is 20.9 Å². The van der Waals surface area contributed by atoms with Crippen molar-refractivity contribution in [3.8, 4) is 0 Å². The van der Waals surface area contributed by atoms with Crippen LogP contribution in [0.15, 0.2) is 35.6 Å². The number of carbonyl (C=O) groups excluding carboxylic acids is 1. The fraction of sp³-hybridized carbons (Fsp3) is 0.154. The summed E-state index contributed by atoms with van der Waals surface area (Å²) in [7, 11) is -3.63. The quantitative estimate of drug-likeness (QED) is 0.844. The number of nitrogens with zero attached hydrogens (tertiary/aromatic N) is 2. The van der Waals surface area contributed by atoms with Gasteiger partial charge in [0.15, 0.2) is 5.69 Å². The van der Waals surface area contributed by atoms with Gasteiger partial charge in [-0.2, -0.15) is 0 Å². The minimum absolute atomic E-state index is 0.0379. The fourth-order valence-corrected chi connectivity index (χ4v) is 2.47. The molecule has 2 rings (SSSR count). The number of nitrogens with one attached hydrogen (secondary N) is 1. The van der Waals surface area contributed by atoms with Crippen molar-refractivity contribution in [1.82, 2.24) is 15.3 Å². The van der Waals surface area contributed by atoms with Crippen molar-refractivity contribution in [1.29, 1.82) is 0 Å². The van der Waals surface area contributed by atoms with Crippen LogP contribution in [0.2, 0.25) is 10.0 Å². The molecular formula is C13H11Cl2N3O3S. The molecule has 0 aliphatic carbocycles. The summed E-state index contributed by atoms with van der Waals surface area (Å²) in [4.78, 5) is 19.4. The zero-order valence-corrected chi connectivity index (χ0v) is 13.7. The van der Waals surface area contributed by atoms with E-state index in [1.807, 2.05) is 0 Å². The molecule has 0 spiro atoms. The van der Waals surface area contributed by atoms with Crippen molar-refractivity contribution in [2.24, 2.45) is 0 Å². The molecule has 0 atom stereocenters. The molecule has 0 aliphatic heterocycles. The van der Waals surface area contributed by atoms with E-state index in [-0.39, 0.29) is 17.3 Å². The van der Waals surface area contributed by atoms with Crippen molar-refractivity contribution in [3.63, 3.8) is 0 Å². The molecule has 1 heterocycles. The van der Waals surface area contributed by atoms with Gasteiger partial charge in [-0.25, -0.2) is 18.4 Å². The van der Waals surface area contributed by atoms with Crippen molar-refractivity contribution < 1.29 is 13.2 Å². The molecule has 0 bridgehead atoms. The standard InChI is InChI=1S/C13H11Cl2N3O3S/c1-22(20,21)13-17-7-10(15)11(18-13)12(19)16-6-8-4-2-3-5-9(8)14/h2-5,7H,6H2,1H3,(H,16,19). The van der Waals surface area contributed by atoms with Gasteiger partial charge in [-0.3, -0.25) is 4.79 Å². The van der Waals surface area contributed by atoms with Crippen LogP contribution in [0.25, 0.3) is 0 Å². The van der Waals surface area contributed by atoms with E-state index in [1.54, 1.807) is 24.3 Å². The Labute approximate surface area is 137 Å². The second-order valence-electron chi connectivity index (χ2n) is 4.40. The minimum Gasteiger partial charge on any atom is -0.347 e. The first-order chi connectivity index (χ1) is 10.3. The van der Waals surface area contributed by atoms with Crippen molar-refractivity contribution in [2.45, 2.75) is 11.7 Å². The molecule has 0 radical (unpaired) electrons. The van der Waals surface area contributed by atoms with E-state index in [9.17, 15) is 13.2 Å². The van der Waals surface area contributed by atoms with Gasteiger partial charge in [-0.15, -0.1) is 0 Å². The van der Waals surface area contributed by atoms with Gasteiger partial charge in [0.05, 0.1) is 11.2 Å². The van der Waals surface area contributed by atoms with Crippen LogP contribution in [0.3, 0.4) is 0 Å². The Morgan fingerprint density at radius 2 is 1.91 bits per heavy atom. The van der Waals surface area contributed by atoms with Gasteiger partial charge in [0.25, 0.3) is 5.91 Å². The van der Waals surface area contributed by atoms with Crippen LogP contribution in [-0.2, 0) is 16.4 Å². The Bertz CT molecular complexity index is 825. The highest BCUT2D eigenvalue weighted by Gasteiger charge is 2.18. The maximum atomic E-state index is 12.1. The molecular weight excluding hydrogens is 349 g/mol. The second-order valence-corrected chi connectivity index (χ2v) is 7.12. The smallest absolute Gasteiger partial charge is 0.271 e. The Balaban J connectivity index is 2.21. The van der Waals surface area contributed by atoms with Crippen LogP contribution in [0.1, 0.15) is 16.1 Å². The molecule has 0 saturated carbocycles. The minimum atomic E-state index is -3.63. The van der Waals surface area contributed by atoms with E-state index in [2.05, 4.69) is 15.3 Å². The predicted octanol–water partition coefficient (Wildman–Crippen LogP) is 2.12. The third-order valence-corrected chi connectivity index (χ3v) is 4.17. The number of amides is 1. The number of rotatable bonds is 4. The summed E-state index contributed by atoms with van der Waals surface area (Å²) in [6.07, 6.45) is 2.02. The predicted molar refractivity (Wildman–Crippen MR) is 82.8 cm³/mol. The average molecular weight is 360 g/mol. The molecule has 0 unspecified atom stereocenters. The number of benzene rings is 1. The lowest BCUT2D eigenvalue weighted by Crippen LogP contribution is -2.25. The van der Waals surface area contributed by atoms with Gasteiger partial charge in [0.2, 0.25) is 15.0 Å². The molecule has 1 amide bonds. The first-order valence-electron chi connectivity index (χ1n) is 6.03. The average Bonchev–Trinajstić information content (AvgIpc) is 2.45. The Kier molecular flexibility index (Phi) is 5.00. The molecule has 1 aromatic carbocycles. The number of sulfone groups is 1. The molecule has 9 heteroatoms. The van der Waals surface area contributed by atoms with E-state index in [4.69, 9.17) is 23.2 Å². The highest BCUT2D eigenvalue weighted by Crippen LogP contribution is 2.16. The summed E-state index contributed by atoms with van der Waals surface area (Å²) >= 11 is 11.8. The van der Waals surface area contributed by atoms with Crippen LogP contribution < -0.4 is 5.32 Å². The first kappa shape index (κ1) is 16.7. The summed E-state index contributed by atoms with van der Waals surface area (Å²) < 4.78 is 22.9. The Morgan fingerprint density at radius 1 is 1.23 bits per heavy atom. The molecule has 6 nitrogen and oxygen atoms in total. The molecule has 0 saturated heterocycles. The van der Waals surface area contributed by atoms with Crippen LogP contribution in [-0.4, -0.2) is 30.5 Å². The lowest BCUT2D eigenvalue weighted by Gasteiger charge is -2.08. The van der Waals surface area contributed by atoms with Gasteiger partial charge in [0, 0.05) is 17.8 Å². The van der Waals surface area contributed by atoms with Gasteiger partial charge in [-0.1, -0.05) is 41.4 Å². The fourth-order valence-electron chi connectivity index (χ4n) is 1.59. The third kappa shape index (κ3) is 3.94. The maximum Gasteiger partial charge on any atom is 0.271 e. The monoisotopic (exact) mass is 359 g/mol. The van der Waals surface area contributed by atoms with Crippen LogP contribution >= 0.6 is 23.2 Å². The summed E-state index contributed by atoms with van der Waals surface area (Å²) in [5.74, 6) is -0.614. The Morgan fingerprint density at radius 3 is 2.55 bits per heavy atom. The largest absolute Gasteiger partial charge is 0.347 e. The van der Waals surface area contributed by atoms with E-state index in [0.717, 1.165) is 12.5 Å². The summed E-state index contributed by atoms with van der Waals surface area (Å²) in [6, 6.07) is 7.01. The first-order valence-corrected chi connectivity index (χ1v) is 8.68. The number of hydrogen-bond acceptors (Lipinski definition) is 5. The van der Waals surface area contributed by atoms with Crippen LogP contribution in [0.5, 0.6) is 0 Å². The van der Waals surface area contributed by atoms with Gasteiger partial charge >= 0.3 is 0 Å². The topological polar surface area (TPSA) is 89.0 Å². The summed E-state index contributed by atoms with van der Waals surface area (Å²) in [5.41, 5.74) is 0.509. The molecule has 116 valence electrons. The molecule has 1 N–H and O–H groups in total. The number of halogens is 2. The summed E-state index contributed by atoms with van der Waals surface area (Å²) in [5, 5.41) is 2.59. The molecule has 2 aromatic rings. The zero-order chi connectivity index (χ0) is 16.3. The van der Waals surface area contributed by atoms with Crippen molar-refractivity contribution >= 4 is 38.9 Å². The van der Waals surface area contributed by atoms with E-state index in [0.29, 0.717) is 10.6 Å². The van der Waals surface area contributed by atoms with Crippen molar-refractivity contribution in [2.75, 3.05) is 6.26 Å². The third-order valence-electron chi connectivity index (χ3n) is 2.67. The zero-order valence-electron chi connectivity index (χ0n) is 11.4. The van der Waals surface area contributed by atoms with E-state index >= 15 is 0 Å². The van der Waals surface area contributed by atoms with Gasteiger partial charge in [-0.05, 0) is 11.6 Å². The van der Waals surface area contributed by atoms with Crippen LogP contribution in [0.4, 0.5) is 0 Å². The number of carbonyl (C=O) groups is 1. The second kappa shape index (κ2) is 6.60. The maximum absolute atomic E-state index is 12.1. The van der Waals surface area contributed by atoms with Gasteiger partial charge < -0.3 is 5.32 Å². The van der Waals surface area contributed by atoms with Gasteiger partial charge in [0.1, 0.15) is 0 Å². The Hall–Kier alpha value is -1.70. The number of hydrogen-bond donors (Lipinski definition) is 1. The summed E-state index contributed by atoms with van der Waals surface area (Å²) in [6.45, 7) is 0.160. The van der Waals surface area contributed by atoms with Crippen LogP contribution in [0, 0.1) is 0 Å². The lowest BCUT2D eigenvalue weighted by atomic mass is 10.2. The lowest BCUT2D eigenvalue weighted by molar-refractivity contribution is 0.0945. The number of aromatic nitrogens is 2. The molecule has 1 aromatic heterocycles. The van der Waals surface area contributed by atoms with E-state index in [1.165, 1.54) is 0 Å². The highest BCUT2D eigenvalue weighted by atomic mass is 35.5. The molecule has 0 fully saturated rings. The molecule has 22 heavy (non-hydrogen) atoms. The highest BCUT2D eigenvalue weighted by molar-refractivity contribution is 7.90.